The number of benzene rings is 1. The van der Waals surface area contributed by atoms with E-state index in [9.17, 15) is 9.18 Å². The fraction of sp³-hybridized carbons (Fsp3) is 0.154. The maximum atomic E-state index is 13.4. The zero-order valence-electron chi connectivity index (χ0n) is 9.27. The minimum absolute atomic E-state index is 0.106. The van der Waals surface area contributed by atoms with Crippen LogP contribution in [0.3, 0.4) is 0 Å². The van der Waals surface area contributed by atoms with E-state index in [1.54, 1.807) is 18.2 Å². The molecule has 2 rings (SSSR count). The monoisotopic (exact) mass is 234 g/mol. The molecule has 1 heterocycles. The van der Waals surface area contributed by atoms with Crippen molar-refractivity contribution in [1.82, 2.24) is 0 Å². The van der Waals surface area contributed by atoms with Crippen LogP contribution >= 0.6 is 0 Å². The van der Waals surface area contributed by atoms with Gasteiger partial charge in [0.25, 0.3) is 0 Å². The molecule has 2 aromatic rings. The molecule has 1 aromatic carbocycles. The van der Waals surface area contributed by atoms with Crippen molar-refractivity contribution in [3.05, 3.63) is 53.7 Å². The lowest BCUT2D eigenvalue weighted by molar-refractivity contribution is 0.0966. The van der Waals surface area contributed by atoms with Crippen LogP contribution in [0.4, 0.5) is 4.39 Å². The molecule has 0 saturated carbocycles. The third-order valence-corrected chi connectivity index (χ3v) is 2.38. The first kappa shape index (κ1) is 11.4. The van der Waals surface area contributed by atoms with Crippen LogP contribution in [-0.2, 0) is 6.42 Å². The van der Waals surface area contributed by atoms with Gasteiger partial charge < -0.3 is 9.15 Å². The molecule has 0 N–H and O–H groups in total. The van der Waals surface area contributed by atoms with Gasteiger partial charge in [0.05, 0.1) is 13.4 Å². The molecular formula is C13H11FO3. The Labute approximate surface area is 97.8 Å². The lowest BCUT2D eigenvalue weighted by Crippen LogP contribution is -2.02. The second kappa shape index (κ2) is 4.82. The quantitative estimate of drug-likeness (QED) is 0.763. The number of methoxy groups -OCH3 is 1. The SMILES string of the molecule is COc1ccc(CC(=O)c2ccco2)cc1F. The van der Waals surface area contributed by atoms with Gasteiger partial charge >= 0.3 is 0 Å². The average molecular weight is 234 g/mol. The summed E-state index contributed by atoms with van der Waals surface area (Å²) in [5.74, 6) is -0.211. The zero-order valence-corrected chi connectivity index (χ0v) is 9.27. The van der Waals surface area contributed by atoms with Crippen LogP contribution in [0, 0.1) is 5.82 Å². The van der Waals surface area contributed by atoms with Crippen LogP contribution < -0.4 is 4.74 Å². The Kier molecular flexibility index (Phi) is 3.23. The Morgan fingerprint density at radius 1 is 1.41 bits per heavy atom. The second-order valence-corrected chi connectivity index (χ2v) is 3.55. The van der Waals surface area contributed by atoms with Crippen molar-refractivity contribution in [2.45, 2.75) is 6.42 Å². The highest BCUT2D eigenvalue weighted by Gasteiger charge is 2.11. The van der Waals surface area contributed by atoms with E-state index in [1.807, 2.05) is 0 Å². The van der Waals surface area contributed by atoms with E-state index in [-0.39, 0.29) is 23.7 Å². The molecule has 0 saturated heterocycles. The normalized spacial score (nSPS) is 10.2. The van der Waals surface area contributed by atoms with Crippen molar-refractivity contribution in [1.29, 1.82) is 0 Å². The number of hydrogen-bond donors (Lipinski definition) is 0. The van der Waals surface area contributed by atoms with Gasteiger partial charge in [-0.3, -0.25) is 4.79 Å². The molecule has 0 atom stereocenters. The molecule has 0 aliphatic carbocycles. The summed E-state index contributed by atoms with van der Waals surface area (Å²) in [7, 11) is 1.39. The third kappa shape index (κ3) is 2.53. The Morgan fingerprint density at radius 2 is 2.24 bits per heavy atom. The summed E-state index contributed by atoms with van der Waals surface area (Å²) in [5, 5.41) is 0. The molecular weight excluding hydrogens is 223 g/mol. The Bertz CT molecular complexity index is 517. The molecule has 0 aliphatic rings. The summed E-state index contributed by atoms with van der Waals surface area (Å²) in [6, 6.07) is 7.67. The van der Waals surface area contributed by atoms with Crippen molar-refractivity contribution in [2.75, 3.05) is 7.11 Å². The molecule has 3 nitrogen and oxygen atoms in total. The molecule has 0 aliphatic heterocycles. The molecule has 0 radical (unpaired) electrons. The van der Waals surface area contributed by atoms with Crippen LogP contribution in [0.15, 0.2) is 41.0 Å². The number of halogens is 1. The highest BCUT2D eigenvalue weighted by Crippen LogP contribution is 2.18. The van der Waals surface area contributed by atoms with Crippen LogP contribution in [0.25, 0.3) is 0 Å². The molecule has 0 unspecified atom stereocenters. The molecule has 0 amide bonds. The summed E-state index contributed by atoms with van der Waals surface area (Å²) >= 11 is 0. The number of Topliss-reactive ketones (excluding diaryl/α,β-unsaturated/α-hetero) is 1. The number of rotatable bonds is 4. The number of furan rings is 1. The number of ketones is 1. The van der Waals surface area contributed by atoms with E-state index in [1.165, 1.54) is 25.5 Å². The smallest absolute Gasteiger partial charge is 0.202 e. The van der Waals surface area contributed by atoms with E-state index in [2.05, 4.69) is 0 Å². The molecule has 0 fully saturated rings. The number of hydrogen-bond acceptors (Lipinski definition) is 3. The summed E-state index contributed by atoms with van der Waals surface area (Å²) < 4.78 is 23.2. The molecule has 0 spiro atoms. The van der Waals surface area contributed by atoms with E-state index in [4.69, 9.17) is 9.15 Å². The first-order valence-corrected chi connectivity index (χ1v) is 5.10. The Balaban J connectivity index is 2.14. The van der Waals surface area contributed by atoms with E-state index in [0.717, 1.165) is 0 Å². The average Bonchev–Trinajstić information content (AvgIpc) is 2.82. The first-order chi connectivity index (χ1) is 8.20. The zero-order chi connectivity index (χ0) is 12.3. The van der Waals surface area contributed by atoms with Gasteiger partial charge in [0, 0.05) is 6.42 Å². The van der Waals surface area contributed by atoms with Crippen LogP contribution in [0.1, 0.15) is 16.1 Å². The minimum Gasteiger partial charge on any atom is -0.494 e. The molecule has 0 bridgehead atoms. The van der Waals surface area contributed by atoms with Gasteiger partial charge in [-0.25, -0.2) is 4.39 Å². The summed E-state index contributed by atoms with van der Waals surface area (Å²) in [6.45, 7) is 0. The van der Waals surface area contributed by atoms with Gasteiger partial charge in [0.2, 0.25) is 5.78 Å². The predicted molar refractivity (Wildman–Crippen MR) is 59.7 cm³/mol. The van der Waals surface area contributed by atoms with E-state index >= 15 is 0 Å². The standard InChI is InChI=1S/C13H11FO3/c1-16-12-5-4-9(7-10(12)14)8-11(15)13-3-2-6-17-13/h2-7H,8H2,1H3. The van der Waals surface area contributed by atoms with Gasteiger partial charge in [-0.05, 0) is 29.8 Å². The van der Waals surface area contributed by atoms with E-state index < -0.39 is 5.82 Å². The summed E-state index contributed by atoms with van der Waals surface area (Å²) in [4.78, 5) is 11.7. The number of ether oxygens (including phenoxy) is 1. The van der Waals surface area contributed by atoms with Crippen molar-refractivity contribution in [3.63, 3.8) is 0 Å². The number of carbonyl (C=O) groups is 1. The lowest BCUT2D eigenvalue weighted by atomic mass is 10.1. The molecule has 88 valence electrons. The topological polar surface area (TPSA) is 39.4 Å². The maximum absolute atomic E-state index is 13.4. The van der Waals surface area contributed by atoms with Gasteiger partial charge in [-0.2, -0.15) is 0 Å². The van der Waals surface area contributed by atoms with Gasteiger partial charge in [-0.1, -0.05) is 6.07 Å². The molecule has 4 heteroatoms. The Morgan fingerprint density at radius 3 is 2.82 bits per heavy atom. The second-order valence-electron chi connectivity index (χ2n) is 3.55. The summed E-state index contributed by atoms with van der Waals surface area (Å²) in [5.41, 5.74) is 0.588. The summed E-state index contributed by atoms with van der Waals surface area (Å²) in [6.07, 6.45) is 1.54. The van der Waals surface area contributed by atoms with Crippen molar-refractivity contribution < 1.29 is 18.3 Å². The maximum Gasteiger partial charge on any atom is 0.202 e. The highest BCUT2D eigenvalue weighted by atomic mass is 19.1. The van der Waals surface area contributed by atoms with E-state index in [0.29, 0.717) is 5.56 Å². The minimum atomic E-state index is -0.475. The van der Waals surface area contributed by atoms with Gasteiger partial charge in [0.1, 0.15) is 0 Å². The Hall–Kier alpha value is -2.10. The number of carbonyl (C=O) groups excluding carboxylic acids is 1. The predicted octanol–water partition coefficient (Wildman–Crippen LogP) is 2.85. The highest BCUT2D eigenvalue weighted by molar-refractivity contribution is 5.94. The molecule has 17 heavy (non-hydrogen) atoms. The van der Waals surface area contributed by atoms with Crippen molar-refractivity contribution in [2.24, 2.45) is 0 Å². The molecule has 1 aromatic heterocycles. The third-order valence-electron chi connectivity index (χ3n) is 2.38. The van der Waals surface area contributed by atoms with Crippen LogP contribution in [0.5, 0.6) is 5.75 Å². The van der Waals surface area contributed by atoms with Crippen molar-refractivity contribution in [3.8, 4) is 5.75 Å². The van der Waals surface area contributed by atoms with Gasteiger partial charge in [-0.15, -0.1) is 0 Å². The lowest BCUT2D eigenvalue weighted by Gasteiger charge is -2.03. The van der Waals surface area contributed by atoms with Crippen LogP contribution in [-0.4, -0.2) is 12.9 Å². The van der Waals surface area contributed by atoms with Gasteiger partial charge in [0.15, 0.2) is 17.3 Å². The fourth-order valence-electron chi connectivity index (χ4n) is 1.53. The van der Waals surface area contributed by atoms with Crippen LogP contribution in [0.2, 0.25) is 0 Å². The fourth-order valence-corrected chi connectivity index (χ4v) is 1.53. The largest absolute Gasteiger partial charge is 0.494 e. The van der Waals surface area contributed by atoms with Crippen molar-refractivity contribution >= 4 is 5.78 Å². The first-order valence-electron chi connectivity index (χ1n) is 5.10.